The molecule has 0 saturated heterocycles. The highest BCUT2D eigenvalue weighted by Gasteiger charge is 2.21. The molecule has 0 bridgehead atoms. The lowest BCUT2D eigenvalue weighted by molar-refractivity contribution is -0.925. The van der Waals surface area contributed by atoms with Crippen LogP contribution in [-0.4, -0.2) is 42.4 Å². The summed E-state index contributed by atoms with van der Waals surface area (Å²) in [5.41, 5.74) is 0. The van der Waals surface area contributed by atoms with E-state index in [1.807, 2.05) is 0 Å². The third-order valence-electron chi connectivity index (χ3n) is 6.40. The van der Waals surface area contributed by atoms with Gasteiger partial charge < -0.3 is 9.59 Å². The van der Waals surface area contributed by atoms with E-state index in [4.69, 9.17) is 0 Å². The lowest BCUT2D eigenvalue weighted by atomic mass is 10.0. The molecule has 0 aromatic rings. The van der Waals surface area contributed by atoms with Crippen molar-refractivity contribution >= 4 is 0 Å². The fourth-order valence-electron chi connectivity index (χ4n) is 4.18. The Morgan fingerprint density at radius 3 is 1.12 bits per heavy atom. The Bertz CT molecular complexity index is 263. The average molecular weight is 371 g/mol. The highest BCUT2D eigenvalue weighted by Crippen LogP contribution is 2.15. The maximum Gasteiger partial charge on any atom is 0.102 e. The van der Waals surface area contributed by atoms with Crippen LogP contribution in [0.1, 0.15) is 124 Å². The molecule has 0 aromatic carbocycles. The smallest absolute Gasteiger partial charge is 0.102 e. The molecule has 0 spiro atoms. The minimum Gasteiger partial charge on any atom is -0.391 e. The Labute approximate surface area is 166 Å². The molecule has 0 unspecified atom stereocenters. The van der Waals surface area contributed by atoms with Gasteiger partial charge in [0.15, 0.2) is 0 Å². The summed E-state index contributed by atoms with van der Waals surface area (Å²) in [7, 11) is 0. The van der Waals surface area contributed by atoms with Gasteiger partial charge in [-0.05, 0) is 26.7 Å². The predicted octanol–water partition coefficient (Wildman–Crippen LogP) is 7.10. The molecule has 0 aliphatic rings. The molecule has 0 amide bonds. The summed E-state index contributed by atoms with van der Waals surface area (Å²) in [5, 5.41) is 9.28. The molecule has 0 rings (SSSR count). The highest BCUT2D eigenvalue weighted by atomic mass is 16.3. The van der Waals surface area contributed by atoms with Crippen molar-refractivity contribution in [3.05, 3.63) is 0 Å². The number of unbranched alkanes of at least 4 members (excludes halogenated alkanes) is 15. The van der Waals surface area contributed by atoms with Crippen molar-refractivity contribution in [2.45, 2.75) is 124 Å². The average Bonchev–Trinajstić information content (AvgIpc) is 2.66. The topological polar surface area (TPSA) is 20.2 Å². The summed E-state index contributed by atoms with van der Waals surface area (Å²) >= 11 is 0. The van der Waals surface area contributed by atoms with E-state index in [9.17, 15) is 5.11 Å². The Hall–Kier alpha value is -0.0800. The fraction of sp³-hybridized carbons (Fsp3) is 1.00. The maximum atomic E-state index is 9.28. The van der Waals surface area contributed by atoms with E-state index in [2.05, 4.69) is 20.8 Å². The van der Waals surface area contributed by atoms with Gasteiger partial charge in [-0.15, -0.1) is 0 Å². The van der Waals surface area contributed by atoms with E-state index >= 15 is 0 Å². The Kier molecular flexibility index (Phi) is 19.6. The summed E-state index contributed by atoms with van der Waals surface area (Å²) in [6, 6.07) is 0. The number of hydrogen-bond acceptors (Lipinski definition) is 1. The molecule has 2 nitrogen and oxygen atoms in total. The number of rotatable bonds is 21. The second kappa shape index (κ2) is 19.7. The quantitative estimate of drug-likeness (QED) is 0.169. The second-order valence-corrected chi connectivity index (χ2v) is 8.45. The first-order chi connectivity index (χ1) is 12.7. The van der Waals surface area contributed by atoms with E-state index < -0.39 is 0 Å². The summed E-state index contributed by atoms with van der Waals surface area (Å²) in [6.07, 6.45) is 22.9. The fourth-order valence-corrected chi connectivity index (χ4v) is 4.18. The van der Waals surface area contributed by atoms with Crippen LogP contribution in [0.5, 0.6) is 0 Å². The van der Waals surface area contributed by atoms with Crippen molar-refractivity contribution in [1.29, 1.82) is 0 Å². The largest absolute Gasteiger partial charge is 0.391 e. The van der Waals surface area contributed by atoms with Gasteiger partial charge in [-0.3, -0.25) is 0 Å². The van der Waals surface area contributed by atoms with Gasteiger partial charge in [0.25, 0.3) is 0 Å². The summed E-state index contributed by atoms with van der Waals surface area (Å²) in [5.74, 6) is 0. The number of likely N-dealkylation sites (N-methyl/N-ethyl adjacent to an activating group) is 1. The molecule has 0 heterocycles. The Morgan fingerprint density at radius 2 is 0.808 bits per heavy atom. The first-order valence-electron chi connectivity index (χ1n) is 12.2. The van der Waals surface area contributed by atoms with Crippen LogP contribution in [0.4, 0.5) is 0 Å². The molecule has 0 fully saturated rings. The molecule has 158 valence electrons. The van der Waals surface area contributed by atoms with E-state index in [-0.39, 0.29) is 0 Å². The molecule has 26 heavy (non-hydrogen) atoms. The second-order valence-electron chi connectivity index (χ2n) is 8.45. The van der Waals surface area contributed by atoms with Crippen molar-refractivity contribution in [1.82, 2.24) is 0 Å². The third-order valence-corrected chi connectivity index (χ3v) is 6.40. The van der Waals surface area contributed by atoms with Crippen molar-refractivity contribution < 1.29 is 9.59 Å². The monoisotopic (exact) mass is 370 g/mol. The summed E-state index contributed by atoms with van der Waals surface area (Å²) in [4.78, 5) is 0. The van der Waals surface area contributed by atoms with Crippen LogP contribution in [0.3, 0.4) is 0 Å². The van der Waals surface area contributed by atoms with Gasteiger partial charge in [-0.2, -0.15) is 0 Å². The molecular weight excluding hydrogens is 318 g/mol. The number of aliphatic hydroxyl groups excluding tert-OH is 1. The van der Waals surface area contributed by atoms with E-state index in [1.165, 1.54) is 109 Å². The molecule has 0 aliphatic carbocycles. The zero-order valence-electron chi connectivity index (χ0n) is 18.7. The third kappa shape index (κ3) is 15.0. The lowest BCUT2D eigenvalue weighted by Gasteiger charge is -2.36. The molecule has 0 aromatic heterocycles. The van der Waals surface area contributed by atoms with Gasteiger partial charge in [0.2, 0.25) is 0 Å². The molecule has 0 saturated carbocycles. The van der Waals surface area contributed by atoms with Crippen LogP contribution >= 0.6 is 0 Å². The van der Waals surface area contributed by atoms with Crippen molar-refractivity contribution in [2.75, 3.05) is 32.8 Å². The van der Waals surface area contributed by atoms with Gasteiger partial charge in [-0.25, -0.2) is 0 Å². The number of nitrogens with zero attached hydrogens (tertiary/aromatic N) is 1. The highest BCUT2D eigenvalue weighted by molar-refractivity contribution is 4.50. The number of quaternary nitrogens is 1. The summed E-state index contributed by atoms with van der Waals surface area (Å²) in [6.45, 7) is 11.7. The van der Waals surface area contributed by atoms with E-state index in [0.717, 1.165) is 24.1 Å². The molecule has 0 radical (unpaired) electrons. The van der Waals surface area contributed by atoms with Gasteiger partial charge in [-0.1, -0.05) is 96.8 Å². The molecule has 0 atom stereocenters. The van der Waals surface area contributed by atoms with Crippen LogP contribution in [0.15, 0.2) is 0 Å². The minimum atomic E-state index is 0.334. The van der Waals surface area contributed by atoms with E-state index in [1.54, 1.807) is 0 Å². The summed E-state index contributed by atoms with van der Waals surface area (Å²) < 4.78 is 1.11. The zero-order chi connectivity index (χ0) is 19.3. The van der Waals surface area contributed by atoms with Crippen molar-refractivity contribution in [2.24, 2.45) is 0 Å². The zero-order valence-corrected chi connectivity index (χ0v) is 18.7. The standard InChI is InChI=1S/C24H52NO/c1-4-7-8-9-10-11-12-13-14-15-16-17-18-19-20-21-22-25(5-2,6-3)23-24-26/h26H,4-24H2,1-3H3/q+1. The van der Waals surface area contributed by atoms with E-state index in [0.29, 0.717) is 6.61 Å². The Balaban J connectivity index is 3.29. The number of hydrogen-bond donors (Lipinski definition) is 1. The number of aliphatic hydroxyl groups is 1. The Morgan fingerprint density at radius 1 is 0.462 bits per heavy atom. The van der Waals surface area contributed by atoms with Gasteiger partial charge in [0, 0.05) is 0 Å². The van der Waals surface area contributed by atoms with Crippen LogP contribution < -0.4 is 0 Å². The first-order valence-corrected chi connectivity index (χ1v) is 12.2. The molecule has 1 N–H and O–H groups in total. The first kappa shape index (κ1) is 25.9. The normalized spacial score (nSPS) is 12.0. The van der Waals surface area contributed by atoms with Gasteiger partial charge >= 0.3 is 0 Å². The molecule has 0 aliphatic heterocycles. The van der Waals surface area contributed by atoms with Crippen LogP contribution in [-0.2, 0) is 0 Å². The minimum absolute atomic E-state index is 0.334. The lowest BCUT2D eigenvalue weighted by Crippen LogP contribution is -2.50. The van der Waals surface area contributed by atoms with Crippen LogP contribution in [0.25, 0.3) is 0 Å². The maximum absolute atomic E-state index is 9.28. The van der Waals surface area contributed by atoms with Crippen LogP contribution in [0, 0.1) is 0 Å². The predicted molar refractivity (Wildman–Crippen MR) is 118 cm³/mol. The van der Waals surface area contributed by atoms with Crippen LogP contribution in [0.2, 0.25) is 0 Å². The van der Waals surface area contributed by atoms with Crippen molar-refractivity contribution in [3.63, 3.8) is 0 Å². The van der Waals surface area contributed by atoms with Crippen molar-refractivity contribution in [3.8, 4) is 0 Å². The van der Waals surface area contributed by atoms with Gasteiger partial charge in [0.05, 0.1) is 26.2 Å². The van der Waals surface area contributed by atoms with Gasteiger partial charge in [0.1, 0.15) is 6.54 Å². The molecular formula is C24H52NO+. The SMILES string of the molecule is CCCCCCCCCCCCCCCCCC[N+](CC)(CC)CCO. The molecule has 2 heteroatoms.